The molecule has 1 aliphatic carbocycles. The fourth-order valence-corrected chi connectivity index (χ4v) is 4.87. The van der Waals surface area contributed by atoms with Crippen LogP contribution in [0.1, 0.15) is 41.2 Å². The van der Waals surface area contributed by atoms with Gasteiger partial charge in [-0.1, -0.05) is 11.6 Å². The molecule has 9 heteroatoms. The molecule has 0 amide bonds. The molecule has 1 atom stereocenters. The number of carboxylic acid groups (broad SMARTS) is 1. The molecule has 1 N–H and O–H groups in total. The first-order chi connectivity index (χ1) is 16.4. The van der Waals surface area contributed by atoms with E-state index in [2.05, 4.69) is 4.99 Å². The Hall–Kier alpha value is -3.39. The molecule has 0 spiro atoms. The normalized spacial score (nSPS) is 18.2. The Balaban J connectivity index is 1.47. The number of benzene rings is 2. The highest BCUT2D eigenvalue weighted by Crippen LogP contribution is 2.42. The zero-order valence-corrected chi connectivity index (χ0v) is 19.3. The van der Waals surface area contributed by atoms with Crippen LogP contribution in [0, 0.1) is 5.82 Å². The van der Waals surface area contributed by atoms with E-state index in [0.29, 0.717) is 18.6 Å². The summed E-state index contributed by atoms with van der Waals surface area (Å²) >= 11 is 6.72. The van der Waals surface area contributed by atoms with E-state index >= 15 is 4.39 Å². The Morgan fingerprint density at radius 3 is 2.65 bits per heavy atom. The van der Waals surface area contributed by atoms with Gasteiger partial charge in [-0.3, -0.25) is 9.79 Å². The number of carboxylic acids is 1. The number of aliphatic imine (C=N–C) groups is 1. The van der Waals surface area contributed by atoms with Crippen LogP contribution in [0.15, 0.2) is 46.3 Å². The van der Waals surface area contributed by atoms with E-state index in [4.69, 9.17) is 16.3 Å². The Bertz CT molecular complexity index is 1370. The molecule has 34 heavy (non-hydrogen) atoms. The smallest absolute Gasteiger partial charge is 0.341 e. The molecule has 7 nitrogen and oxygen atoms in total. The number of fused-ring (bicyclic) bond motifs is 1. The summed E-state index contributed by atoms with van der Waals surface area (Å²) < 4.78 is 22.2. The largest absolute Gasteiger partial charge is 0.497 e. The van der Waals surface area contributed by atoms with Crippen LogP contribution < -0.4 is 15.1 Å². The van der Waals surface area contributed by atoms with Crippen LogP contribution in [0.3, 0.4) is 0 Å². The maximum Gasteiger partial charge on any atom is 0.341 e. The highest BCUT2D eigenvalue weighted by atomic mass is 35.5. The quantitative estimate of drug-likeness (QED) is 0.521. The Labute approximate surface area is 200 Å². The lowest BCUT2D eigenvalue weighted by molar-refractivity contribution is 0.0695. The minimum absolute atomic E-state index is 0.00803. The van der Waals surface area contributed by atoms with Crippen LogP contribution in [0.25, 0.3) is 10.9 Å². The van der Waals surface area contributed by atoms with Crippen molar-refractivity contribution >= 4 is 40.4 Å². The molecular weight excluding hydrogens is 461 g/mol. The molecule has 2 aliphatic rings. The minimum atomic E-state index is -1.33. The number of hydrogen-bond acceptors (Lipinski definition) is 5. The molecule has 5 rings (SSSR count). The predicted octanol–water partition coefficient (Wildman–Crippen LogP) is 4.53. The third-order valence-electron chi connectivity index (χ3n) is 6.38. The maximum atomic E-state index is 15.3. The van der Waals surface area contributed by atoms with E-state index in [0.717, 1.165) is 36.6 Å². The van der Waals surface area contributed by atoms with Crippen molar-refractivity contribution in [2.75, 3.05) is 25.1 Å². The number of ether oxygens (including phenoxy) is 1. The van der Waals surface area contributed by atoms with Crippen LogP contribution in [0.2, 0.25) is 5.02 Å². The first kappa shape index (κ1) is 22.4. The van der Waals surface area contributed by atoms with Crippen molar-refractivity contribution in [1.82, 2.24) is 4.57 Å². The van der Waals surface area contributed by atoms with E-state index in [1.165, 1.54) is 6.20 Å². The molecule has 176 valence electrons. The minimum Gasteiger partial charge on any atom is -0.497 e. The number of rotatable bonds is 6. The van der Waals surface area contributed by atoms with E-state index in [1.807, 2.05) is 29.2 Å². The van der Waals surface area contributed by atoms with Crippen molar-refractivity contribution in [2.24, 2.45) is 4.99 Å². The van der Waals surface area contributed by atoms with Crippen molar-refractivity contribution in [1.29, 1.82) is 0 Å². The topological polar surface area (TPSA) is 84.1 Å². The number of aromatic carboxylic acids is 1. The van der Waals surface area contributed by atoms with Gasteiger partial charge < -0.3 is 19.3 Å². The number of carbonyl (C=O) groups is 1. The average Bonchev–Trinajstić information content (AvgIpc) is 3.57. The lowest BCUT2D eigenvalue weighted by Crippen LogP contribution is -2.24. The predicted molar refractivity (Wildman–Crippen MR) is 130 cm³/mol. The monoisotopic (exact) mass is 483 g/mol. The standard InChI is InChI=1S/C25H23ClFN3O4/c1-34-17-6-2-14(3-7-17)11-28-15-8-9-29(12-15)23-20(27)10-18-22(21(23)26)30(16-4-5-16)13-19(24(18)31)25(32)33/h2-3,6-7,10-11,13,15-16H,4-5,8-9,12H2,1H3,(H,32,33). The van der Waals surface area contributed by atoms with Crippen LogP contribution in [-0.4, -0.2) is 48.1 Å². The lowest BCUT2D eigenvalue weighted by Gasteiger charge is -2.23. The Morgan fingerprint density at radius 2 is 2.00 bits per heavy atom. The van der Waals surface area contributed by atoms with Gasteiger partial charge in [-0.2, -0.15) is 0 Å². The highest BCUT2D eigenvalue weighted by Gasteiger charge is 2.32. The summed E-state index contributed by atoms with van der Waals surface area (Å²) in [5.41, 5.74) is 0.456. The second-order valence-electron chi connectivity index (χ2n) is 8.67. The lowest BCUT2D eigenvalue weighted by atomic mass is 10.1. The fraction of sp³-hybridized carbons (Fsp3) is 0.320. The third-order valence-corrected chi connectivity index (χ3v) is 6.74. The molecule has 3 aromatic rings. The number of pyridine rings is 1. The highest BCUT2D eigenvalue weighted by molar-refractivity contribution is 6.38. The molecule has 1 unspecified atom stereocenters. The Kier molecular flexibility index (Phi) is 5.77. The van der Waals surface area contributed by atoms with Gasteiger partial charge in [-0.25, -0.2) is 9.18 Å². The number of halogens is 2. The molecule has 1 saturated carbocycles. The number of nitrogens with zero attached hydrogens (tertiary/aromatic N) is 3. The fourth-order valence-electron chi connectivity index (χ4n) is 4.46. The number of hydrogen-bond donors (Lipinski definition) is 1. The summed E-state index contributed by atoms with van der Waals surface area (Å²) in [6.45, 7) is 1.04. The number of methoxy groups -OCH3 is 1. The van der Waals surface area contributed by atoms with Gasteiger partial charge in [0.2, 0.25) is 5.43 Å². The van der Waals surface area contributed by atoms with Gasteiger partial charge in [0.1, 0.15) is 17.1 Å². The zero-order chi connectivity index (χ0) is 24.0. The zero-order valence-electron chi connectivity index (χ0n) is 18.5. The van der Waals surface area contributed by atoms with Crippen molar-refractivity contribution < 1.29 is 19.0 Å². The second kappa shape index (κ2) is 8.76. The molecule has 0 radical (unpaired) electrons. The molecular formula is C25H23ClFN3O4. The summed E-state index contributed by atoms with van der Waals surface area (Å²) in [5, 5.41) is 9.56. The van der Waals surface area contributed by atoms with Crippen LogP contribution in [0.4, 0.5) is 10.1 Å². The van der Waals surface area contributed by atoms with Gasteiger partial charge in [0.05, 0.1) is 34.8 Å². The van der Waals surface area contributed by atoms with E-state index in [9.17, 15) is 14.7 Å². The molecule has 0 bridgehead atoms. The van der Waals surface area contributed by atoms with E-state index in [-0.39, 0.29) is 33.7 Å². The van der Waals surface area contributed by atoms with Crippen LogP contribution in [0.5, 0.6) is 5.75 Å². The molecule has 2 heterocycles. The third kappa shape index (κ3) is 4.03. The SMILES string of the molecule is COc1ccc(C=NC2CCN(c3c(F)cc4c(=O)c(C(=O)O)cn(C5CC5)c4c3Cl)C2)cc1. The molecule has 2 fully saturated rings. The van der Waals surface area contributed by atoms with Gasteiger partial charge >= 0.3 is 5.97 Å². The summed E-state index contributed by atoms with van der Waals surface area (Å²) in [7, 11) is 1.61. The van der Waals surface area contributed by atoms with Gasteiger partial charge in [0.15, 0.2) is 0 Å². The first-order valence-electron chi connectivity index (χ1n) is 11.1. The first-order valence-corrected chi connectivity index (χ1v) is 11.5. The average molecular weight is 484 g/mol. The number of aromatic nitrogens is 1. The molecule has 1 aromatic heterocycles. The van der Waals surface area contributed by atoms with Gasteiger partial charge in [0, 0.05) is 31.5 Å². The molecule has 1 saturated heterocycles. The molecule has 1 aliphatic heterocycles. The second-order valence-corrected chi connectivity index (χ2v) is 9.05. The van der Waals surface area contributed by atoms with Crippen molar-refractivity contribution in [3.63, 3.8) is 0 Å². The van der Waals surface area contributed by atoms with Crippen molar-refractivity contribution in [3.05, 3.63) is 68.7 Å². The van der Waals surface area contributed by atoms with Crippen LogP contribution in [-0.2, 0) is 0 Å². The van der Waals surface area contributed by atoms with E-state index in [1.54, 1.807) is 17.9 Å². The van der Waals surface area contributed by atoms with E-state index < -0.39 is 17.2 Å². The summed E-state index contributed by atoms with van der Waals surface area (Å²) in [5.74, 6) is -1.20. The van der Waals surface area contributed by atoms with Crippen molar-refractivity contribution in [2.45, 2.75) is 31.3 Å². The number of anilines is 1. The summed E-state index contributed by atoms with van der Waals surface area (Å²) in [4.78, 5) is 30.8. The summed E-state index contributed by atoms with van der Waals surface area (Å²) in [6, 6.07) is 8.70. The maximum absolute atomic E-state index is 15.3. The van der Waals surface area contributed by atoms with Crippen molar-refractivity contribution in [3.8, 4) is 5.75 Å². The van der Waals surface area contributed by atoms with Gasteiger partial charge in [-0.05, 0) is 55.2 Å². The van der Waals surface area contributed by atoms with Gasteiger partial charge in [-0.15, -0.1) is 0 Å². The van der Waals surface area contributed by atoms with Gasteiger partial charge in [0.25, 0.3) is 0 Å². The summed E-state index contributed by atoms with van der Waals surface area (Å²) in [6.07, 6.45) is 5.57. The Morgan fingerprint density at radius 1 is 1.26 bits per heavy atom. The molecule has 2 aromatic carbocycles. The van der Waals surface area contributed by atoms with Crippen LogP contribution >= 0.6 is 11.6 Å².